The van der Waals surface area contributed by atoms with Gasteiger partial charge >= 0.3 is 11.7 Å². The maximum Gasteiger partial charge on any atom is 0.339 e. The van der Waals surface area contributed by atoms with E-state index in [1.54, 1.807) is 0 Å². The van der Waals surface area contributed by atoms with E-state index in [-0.39, 0.29) is 17.1 Å². The third-order valence-corrected chi connectivity index (χ3v) is 3.88. The molecular formula is C15H22N4O4. The zero-order valence-electron chi connectivity index (χ0n) is 13.3. The lowest BCUT2D eigenvalue weighted by atomic mass is 10.2. The number of aromatic nitrogens is 1. The van der Waals surface area contributed by atoms with Crippen molar-refractivity contribution in [1.29, 1.82) is 0 Å². The van der Waals surface area contributed by atoms with Crippen LogP contribution in [0.2, 0.25) is 0 Å². The molecule has 126 valence electrons. The van der Waals surface area contributed by atoms with Gasteiger partial charge in [-0.1, -0.05) is 0 Å². The second-order valence-electron chi connectivity index (χ2n) is 5.52. The molecule has 0 atom stereocenters. The number of nitrogens with one attached hydrogen (secondary N) is 1. The molecule has 2 heterocycles. The Kier molecular flexibility index (Phi) is 6.28. The van der Waals surface area contributed by atoms with Crippen LogP contribution in [0.5, 0.6) is 0 Å². The van der Waals surface area contributed by atoms with E-state index in [4.69, 9.17) is 0 Å². The van der Waals surface area contributed by atoms with Gasteiger partial charge in [-0.15, -0.1) is 0 Å². The molecule has 1 N–H and O–H groups in total. The number of likely N-dealkylation sites (tertiary alicyclic amines) is 1. The number of rotatable bonds is 8. The van der Waals surface area contributed by atoms with E-state index in [2.05, 4.69) is 19.9 Å². The normalized spacial score (nSPS) is 14.7. The average molecular weight is 322 g/mol. The zero-order valence-corrected chi connectivity index (χ0v) is 13.3. The highest BCUT2D eigenvalue weighted by atomic mass is 16.6. The summed E-state index contributed by atoms with van der Waals surface area (Å²) in [4.78, 5) is 28.4. The van der Waals surface area contributed by atoms with Crippen LogP contribution >= 0.6 is 0 Å². The highest BCUT2D eigenvalue weighted by Crippen LogP contribution is 2.23. The maximum absolute atomic E-state index is 11.4. The number of methoxy groups -OCH3 is 1. The molecule has 0 bridgehead atoms. The first kappa shape index (κ1) is 17.1. The topological polar surface area (TPSA) is 97.6 Å². The van der Waals surface area contributed by atoms with Crippen molar-refractivity contribution in [1.82, 2.24) is 9.88 Å². The number of nitro groups is 1. The molecule has 8 nitrogen and oxygen atoms in total. The van der Waals surface area contributed by atoms with Gasteiger partial charge in [0.15, 0.2) is 0 Å². The van der Waals surface area contributed by atoms with Gasteiger partial charge in [0.05, 0.1) is 17.6 Å². The molecule has 0 aromatic carbocycles. The number of unbranched alkanes of at least 4 members (excludes halogenated alkanes) is 1. The summed E-state index contributed by atoms with van der Waals surface area (Å²) >= 11 is 0. The van der Waals surface area contributed by atoms with E-state index in [9.17, 15) is 14.9 Å². The summed E-state index contributed by atoms with van der Waals surface area (Å²) in [6, 6.07) is 1.19. The van der Waals surface area contributed by atoms with E-state index < -0.39 is 10.9 Å². The van der Waals surface area contributed by atoms with Crippen LogP contribution < -0.4 is 5.32 Å². The Morgan fingerprint density at radius 2 is 2.17 bits per heavy atom. The van der Waals surface area contributed by atoms with Crippen molar-refractivity contribution in [3.8, 4) is 0 Å². The molecule has 1 aromatic rings. The summed E-state index contributed by atoms with van der Waals surface area (Å²) in [5.74, 6) is -0.457. The summed E-state index contributed by atoms with van der Waals surface area (Å²) in [7, 11) is 1.22. The third-order valence-electron chi connectivity index (χ3n) is 3.88. The van der Waals surface area contributed by atoms with Crippen molar-refractivity contribution in [3.05, 3.63) is 27.9 Å². The van der Waals surface area contributed by atoms with Crippen LogP contribution in [0.25, 0.3) is 0 Å². The minimum Gasteiger partial charge on any atom is -0.465 e. The SMILES string of the molecule is COC(=O)c1cnc(NCCCCN2CCCC2)c([N+](=O)[O-])c1. The molecule has 8 heteroatoms. The van der Waals surface area contributed by atoms with E-state index in [1.165, 1.54) is 45.3 Å². The van der Waals surface area contributed by atoms with Crippen molar-refractivity contribution in [3.63, 3.8) is 0 Å². The minimum absolute atomic E-state index is 0.0683. The number of esters is 1. The highest BCUT2D eigenvalue weighted by Gasteiger charge is 2.19. The van der Waals surface area contributed by atoms with E-state index in [0.29, 0.717) is 6.54 Å². The van der Waals surface area contributed by atoms with Gasteiger partial charge in [0, 0.05) is 18.8 Å². The summed E-state index contributed by atoms with van der Waals surface area (Å²) in [5.41, 5.74) is -0.147. The molecule has 0 radical (unpaired) electrons. The number of pyridine rings is 1. The van der Waals surface area contributed by atoms with Crippen LogP contribution in [0.15, 0.2) is 12.3 Å². The average Bonchev–Trinajstić information content (AvgIpc) is 3.07. The Morgan fingerprint density at radius 3 is 2.83 bits per heavy atom. The quantitative estimate of drug-likeness (QED) is 0.338. The first-order valence-electron chi connectivity index (χ1n) is 7.81. The minimum atomic E-state index is -0.641. The molecule has 1 aromatic heterocycles. The van der Waals surface area contributed by atoms with E-state index >= 15 is 0 Å². The van der Waals surface area contributed by atoms with Crippen LogP contribution in [0.3, 0.4) is 0 Å². The second kappa shape index (κ2) is 8.42. The smallest absolute Gasteiger partial charge is 0.339 e. The first-order valence-corrected chi connectivity index (χ1v) is 7.81. The summed E-state index contributed by atoms with van der Waals surface area (Å²) in [6.45, 7) is 4.03. The molecule has 1 saturated heterocycles. The van der Waals surface area contributed by atoms with Gasteiger partial charge in [-0.2, -0.15) is 0 Å². The van der Waals surface area contributed by atoms with Crippen LogP contribution in [-0.4, -0.2) is 54.1 Å². The lowest BCUT2D eigenvalue weighted by Crippen LogP contribution is -2.21. The Bertz CT molecular complexity index is 558. The van der Waals surface area contributed by atoms with Gasteiger partial charge in [0.2, 0.25) is 5.82 Å². The van der Waals surface area contributed by atoms with Crippen molar-refractivity contribution in [2.45, 2.75) is 25.7 Å². The summed E-state index contributed by atoms with van der Waals surface area (Å²) in [6.07, 6.45) is 5.79. The van der Waals surface area contributed by atoms with Gasteiger partial charge in [0.25, 0.3) is 0 Å². The first-order chi connectivity index (χ1) is 11.1. The summed E-state index contributed by atoms with van der Waals surface area (Å²) in [5, 5.41) is 14.1. The van der Waals surface area contributed by atoms with E-state index in [1.807, 2.05) is 0 Å². The van der Waals surface area contributed by atoms with Gasteiger partial charge in [-0.3, -0.25) is 10.1 Å². The molecule has 23 heavy (non-hydrogen) atoms. The van der Waals surface area contributed by atoms with Crippen LogP contribution in [-0.2, 0) is 4.74 Å². The number of anilines is 1. The molecule has 0 spiro atoms. The molecule has 0 saturated carbocycles. The van der Waals surface area contributed by atoms with Crippen LogP contribution in [0.4, 0.5) is 11.5 Å². The fourth-order valence-corrected chi connectivity index (χ4v) is 2.63. The molecule has 1 aliphatic rings. The molecule has 0 aliphatic carbocycles. The zero-order chi connectivity index (χ0) is 16.7. The van der Waals surface area contributed by atoms with E-state index in [0.717, 1.165) is 19.4 Å². The molecular weight excluding hydrogens is 300 g/mol. The number of hydrogen-bond acceptors (Lipinski definition) is 7. The molecule has 0 amide bonds. The van der Waals surface area contributed by atoms with Crippen molar-refractivity contribution >= 4 is 17.5 Å². The predicted octanol–water partition coefficient (Wildman–Crippen LogP) is 2.06. The lowest BCUT2D eigenvalue weighted by Gasteiger charge is -2.14. The number of carbonyl (C=O) groups is 1. The summed E-state index contributed by atoms with van der Waals surface area (Å²) < 4.78 is 4.55. The maximum atomic E-state index is 11.4. The molecule has 1 fully saturated rings. The van der Waals surface area contributed by atoms with Crippen LogP contribution in [0.1, 0.15) is 36.0 Å². The number of ether oxygens (including phenoxy) is 1. The fourth-order valence-electron chi connectivity index (χ4n) is 2.63. The van der Waals surface area contributed by atoms with Gasteiger partial charge in [-0.05, 0) is 45.3 Å². The number of hydrogen-bond donors (Lipinski definition) is 1. The molecule has 1 aliphatic heterocycles. The van der Waals surface area contributed by atoms with Gasteiger partial charge < -0.3 is 15.0 Å². The van der Waals surface area contributed by atoms with Crippen LogP contribution in [0, 0.1) is 10.1 Å². The monoisotopic (exact) mass is 322 g/mol. The molecule has 2 rings (SSSR count). The largest absolute Gasteiger partial charge is 0.465 e. The Morgan fingerprint density at radius 1 is 1.43 bits per heavy atom. The highest BCUT2D eigenvalue weighted by molar-refractivity contribution is 5.90. The van der Waals surface area contributed by atoms with Gasteiger partial charge in [0.1, 0.15) is 0 Å². The van der Waals surface area contributed by atoms with Crippen molar-refractivity contribution in [2.75, 3.05) is 38.6 Å². The Balaban J connectivity index is 1.85. The standard InChI is InChI=1S/C15H22N4O4/c1-23-15(20)12-10-13(19(21)22)14(17-11-12)16-6-2-3-7-18-8-4-5-9-18/h10-11H,2-9H2,1H3,(H,16,17). The Labute approximate surface area is 135 Å². The lowest BCUT2D eigenvalue weighted by molar-refractivity contribution is -0.384. The van der Waals surface area contributed by atoms with Gasteiger partial charge in [-0.25, -0.2) is 9.78 Å². The third kappa shape index (κ3) is 4.88. The van der Waals surface area contributed by atoms with Crippen molar-refractivity contribution < 1.29 is 14.5 Å². The Hall–Kier alpha value is -2.22. The second-order valence-corrected chi connectivity index (χ2v) is 5.52. The fraction of sp³-hybridized carbons (Fsp3) is 0.600. The number of carbonyl (C=O) groups excluding carboxylic acids is 1. The molecule has 0 unspecified atom stereocenters. The predicted molar refractivity (Wildman–Crippen MR) is 85.6 cm³/mol. The number of nitrogens with zero attached hydrogens (tertiary/aromatic N) is 3. The van der Waals surface area contributed by atoms with Crippen molar-refractivity contribution in [2.24, 2.45) is 0 Å².